The standard InChI is InChI=1S/C10H13N3O.2ClH/c14-10(9-2-1-3-12-8-9)13-6-4-11-5-7-13;;/h1-3,8,11H,4-7H2;2*1H. The molecule has 0 aliphatic carbocycles. The Morgan fingerprint density at radius 3 is 2.56 bits per heavy atom. The summed E-state index contributed by atoms with van der Waals surface area (Å²) in [6.07, 6.45) is 3.29. The molecule has 1 amide bonds. The molecule has 1 aromatic rings. The number of rotatable bonds is 1. The van der Waals surface area contributed by atoms with Crippen molar-refractivity contribution < 1.29 is 4.79 Å². The summed E-state index contributed by atoms with van der Waals surface area (Å²) in [4.78, 5) is 17.7. The fourth-order valence-corrected chi connectivity index (χ4v) is 1.54. The molecule has 1 N–H and O–H groups in total. The smallest absolute Gasteiger partial charge is 0.255 e. The van der Waals surface area contributed by atoms with Crippen LogP contribution in [0.5, 0.6) is 0 Å². The molecule has 0 saturated carbocycles. The number of nitrogens with one attached hydrogen (secondary N) is 1. The average molecular weight is 264 g/mol. The number of pyridine rings is 1. The molecule has 0 aromatic carbocycles. The summed E-state index contributed by atoms with van der Waals surface area (Å²) in [5.41, 5.74) is 0.675. The van der Waals surface area contributed by atoms with Crippen molar-refractivity contribution in [3.63, 3.8) is 0 Å². The zero-order valence-electron chi connectivity index (χ0n) is 8.76. The van der Waals surface area contributed by atoms with E-state index in [-0.39, 0.29) is 30.7 Å². The van der Waals surface area contributed by atoms with E-state index < -0.39 is 0 Å². The third-order valence-corrected chi connectivity index (χ3v) is 2.31. The van der Waals surface area contributed by atoms with Crippen LogP contribution < -0.4 is 5.32 Å². The van der Waals surface area contributed by atoms with Crippen LogP contribution in [0.1, 0.15) is 10.4 Å². The monoisotopic (exact) mass is 263 g/mol. The minimum absolute atomic E-state index is 0. The quantitative estimate of drug-likeness (QED) is 0.822. The van der Waals surface area contributed by atoms with Gasteiger partial charge in [-0.3, -0.25) is 9.78 Å². The molecule has 1 aliphatic rings. The molecule has 1 fully saturated rings. The molecule has 1 aromatic heterocycles. The van der Waals surface area contributed by atoms with E-state index in [0.29, 0.717) is 5.56 Å². The average Bonchev–Trinajstić information content (AvgIpc) is 2.30. The van der Waals surface area contributed by atoms with E-state index in [1.807, 2.05) is 4.90 Å². The van der Waals surface area contributed by atoms with Gasteiger partial charge in [-0.2, -0.15) is 0 Å². The van der Waals surface area contributed by atoms with Gasteiger partial charge in [-0.25, -0.2) is 0 Å². The van der Waals surface area contributed by atoms with E-state index in [1.54, 1.807) is 24.5 Å². The maximum absolute atomic E-state index is 11.9. The van der Waals surface area contributed by atoms with Crippen molar-refractivity contribution in [2.75, 3.05) is 26.2 Å². The highest BCUT2D eigenvalue weighted by atomic mass is 35.5. The highest BCUT2D eigenvalue weighted by Gasteiger charge is 2.17. The number of hydrogen-bond donors (Lipinski definition) is 1. The van der Waals surface area contributed by atoms with E-state index >= 15 is 0 Å². The van der Waals surface area contributed by atoms with Crippen molar-refractivity contribution in [3.05, 3.63) is 30.1 Å². The van der Waals surface area contributed by atoms with Crippen LogP contribution in [0.2, 0.25) is 0 Å². The normalized spacial score (nSPS) is 14.6. The minimum Gasteiger partial charge on any atom is -0.336 e. The lowest BCUT2D eigenvalue weighted by Crippen LogP contribution is -2.46. The van der Waals surface area contributed by atoms with E-state index in [1.165, 1.54) is 0 Å². The van der Waals surface area contributed by atoms with Gasteiger partial charge in [0.25, 0.3) is 5.91 Å². The van der Waals surface area contributed by atoms with Crippen LogP contribution in [-0.4, -0.2) is 42.0 Å². The van der Waals surface area contributed by atoms with Crippen LogP contribution >= 0.6 is 24.8 Å². The summed E-state index contributed by atoms with van der Waals surface area (Å²) in [6, 6.07) is 3.59. The molecule has 0 bridgehead atoms. The van der Waals surface area contributed by atoms with Crippen LogP contribution in [0, 0.1) is 0 Å². The fourth-order valence-electron chi connectivity index (χ4n) is 1.54. The highest BCUT2D eigenvalue weighted by Crippen LogP contribution is 2.03. The molecule has 0 unspecified atom stereocenters. The maximum atomic E-state index is 11.9. The molecule has 90 valence electrons. The number of hydrogen-bond acceptors (Lipinski definition) is 3. The van der Waals surface area contributed by atoms with Gasteiger partial charge >= 0.3 is 0 Å². The number of carbonyl (C=O) groups excluding carboxylic acids is 1. The van der Waals surface area contributed by atoms with Gasteiger partial charge in [0.05, 0.1) is 5.56 Å². The van der Waals surface area contributed by atoms with Crippen LogP contribution in [0.3, 0.4) is 0 Å². The fraction of sp³-hybridized carbons (Fsp3) is 0.400. The Hall–Kier alpha value is -0.840. The molecule has 0 radical (unpaired) electrons. The Morgan fingerprint density at radius 1 is 1.31 bits per heavy atom. The van der Waals surface area contributed by atoms with Crippen molar-refractivity contribution >= 4 is 30.7 Å². The molecule has 0 atom stereocenters. The molecule has 4 nitrogen and oxygen atoms in total. The number of nitrogens with zero attached hydrogens (tertiary/aromatic N) is 2. The van der Waals surface area contributed by atoms with Crippen LogP contribution in [0.25, 0.3) is 0 Å². The third-order valence-electron chi connectivity index (χ3n) is 2.31. The van der Waals surface area contributed by atoms with Gasteiger partial charge in [0.1, 0.15) is 0 Å². The van der Waals surface area contributed by atoms with Crippen molar-refractivity contribution in [3.8, 4) is 0 Å². The molecule has 2 rings (SSSR count). The second kappa shape index (κ2) is 7.44. The topological polar surface area (TPSA) is 45.2 Å². The Labute approximate surface area is 107 Å². The number of carbonyl (C=O) groups is 1. The van der Waals surface area contributed by atoms with Gasteiger partial charge in [-0.15, -0.1) is 24.8 Å². The predicted octanol–water partition coefficient (Wildman–Crippen LogP) is 0.971. The lowest BCUT2D eigenvalue weighted by Gasteiger charge is -2.27. The van der Waals surface area contributed by atoms with E-state index in [0.717, 1.165) is 26.2 Å². The van der Waals surface area contributed by atoms with E-state index in [2.05, 4.69) is 10.3 Å². The molecule has 1 saturated heterocycles. The number of halogens is 2. The number of piperazine rings is 1. The first kappa shape index (κ1) is 15.2. The van der Waals surface area contributed by atoms with Gasteiger partial charge in [-0.1, -0.05) is 0 Å². The van der Waals surface area contributed by atoms with E-state index in [9.17, 15) is 4.79 Å². The van der Waals surface area contributed by atoms with Crippen molar-refractivity contribution in [1.29, 1.82) is 0 Å². The Balaban J connectivity index is 0.00000112. The second-order valence-corrected chi connectivity index (χ2v) is 3.28. The van der Waals surface area contributed by atoms with Crippen LogP contribution in [0.4, 0.5) is 0 Å². The number of aromatic nitrogens is 1. The lowest BCUT2D eigenvalue weighted by atomic mass is 10.2. The molecule has 16 heavy (non-hydrogen) atoms. The summed E-state index contributed by atoms with van der Waals surface area (Å²) < 4.78 is 0. The first-order valence-corrected chi connectivity index (χ1v) is 4.78. The van der Waals surface area contributed by atoms with Crippen molar-refractivity contribution in [1.82, 2.24) is 15.2 Å². The zero-order valence-corrected chi connectivity index (χ0v) is 10.4. The summed E-state index contributed by atoms with van der Waals surface area (Å²) in [7, 11) is 0. The molecule has 1 aliphatic heterocycles. The Kier molecular flexibility index (Phi) is 7.05. The molecule has 6 heteroatoms. The van der Waals surface area contributed by atoms with Crippen molar-refractivity contribution in [2.24, 2.45) is 0 Å². The first-order chi connectivity index (χ1) is 6.88. The first-order valence-electron chi connectivity index (χ1n) is 4.78. The summed E-state index contributed by atoms with van der Waals surface area (Å²) in [5, 5.41) is 3.21. The van der Waals surface area contributed by atoms with Gasteiger partial charge in [0, 0.05) is 38.6 Å². The Bertz CT molecular complexity index is 315. The van der Waals surface area contributed by atoms with Gasteiger partial charge in [0.15, 0.2) is 0 Å². The number of amides is 1. The molecular formula is C10H15Cl2N3O. The largest absolute Gasteiger partial charge is 0.336 e. The predicted molar refractivity (Wildman–Crippen MR) is 67.5 cm³/mol. The maximum Gasteiger partial charge on any atom is 0.255 e. The molecular weight excluding hydrogens is 249 g/mol. The molecule has 0 spiro atoms. The van der Waals surface area contributed by atoms with E-state index in [4.69, 9.17) is 0 Å². The summed E-state index contributed by atoms with van der Waals surface area (Å²) in [6.45, 7) is 3.33. The van der Waals surface area contributed by atoms with Crippen molar-refractivity contribution in [2.45, 2.75) is 0 Å². The highest BCUT2D eigenvalue weighted by molar-refractivity contribution is 5.93. The van der Waals surface area contributed by atoms with Crippen LogP contribution in [0.15, 0.2) is 24.5 Å². The van der Waals surface area contributed by atoms with Gasteiger partial charge in [-0.05, 0) is 12.1 Å². The summed E-state index contributed by atoms with van der Waals surface area (Å²) in [5.74, 6) is 0.0830. The van der Waals surface area contributed by atoms with Gasteiger partial charge < -0.3 is 10.2 Å². The summed E-state index contributed by atoms with van der Waals surface area (Å²) >= 11 is 0. The van der Waals surface area contributed by atoms with Gasteiger partial charge in [0.2, 0.25) is 0 Å². The SMILES string of the molecule is Cl.Cl.O=C(c1cccnc1)N1CCNCC1. The minimum atomic E-state index is 0. The third kappa shape index (κ3) is 3.63. The molecule has 2 heterocycles. The lowest BCUT2D eigenvalue weighted by molar-refractivity contribution is 0.0735. The zero-order chi connectivity index (χ0) is 9.80. The Morgan fingerprint density at radius 2 is 2.00 bits per heavy atom. The van der Waals surface area contributed by atoms with Crippen LogP contribution in [-0.2, 0) is 0 Å². The second-order valence-electron chi connectivity index (χ2n) is 3.28.